The van der Waals surface area contributed by atoms with Gasteiger partial charge in [0.15, 0.2) is 0 Å². The Morgan fingerprint density at radius 3 is 1.61 bits per heavy atom. The number of hydrogen-bond donors (Lipinski definition) is 0. The second kappa shape index (κ2) is 13.0. The summed E-state index contributed by atoms with van der Waals surface area (Å²) < 4.78 is 13.5. The molecular formula is C67H53NO2. The van der Waals surface area contributed by atoms with E-state index in [1.165, 1.54) is 116 Å². The molecule has 0 fully saturated rings. The molecule has 2 heterocycles. The molecule has 3 heteroatoms. The van der Waals surface area contributed by atoms with E-state index < -0.39 is 0 Å². The predicted octanol–water partition coefficient (Wildman–Crippen LogP) is 18.5. The number of aryl methyl sites for hydroxylation is 1. The molecule has 0 N–H and O–H groups in total. The standard InChI is InChI=1S/C67H53NO2/c1-36-22-24-37(25-23-36)68(38-26-28-40-45-34-52-46(35-51(45)65(4,5)49(40)32-38)56-48(64(52,2)3)30-31-55-57(56)43-17-11-14-20-53(43)69-55)39-27-29-42-50(33-39)67(8,9)61-58(42)59-44-18-12-15-21-54(44)70-63(59)60-41-16-10-13-19-47(41)66(6,7)62(60)61/h10-35H,1-9H3. The predicted molar refractivity (Wildman–Crippen MR) is 291 cm³/mol. The van der Waals surface area contributed by atoms with Gasteiger partial charge in [-0.05, 0) is 157 Å². The Balaban J connectivity index is 0.912. The van der Waals surface area contributed by atoms with Crippen molar-refractivity contribution < 1.29 is 8.83 Å². The zero-order chi connectivity index (χ0) is 47.5. The van der Waals surface area contributed by atoms with Crippen molar-refractivity contribution in [3.8, 4) is 44.5 Å². The maximum atomic E-state index is 6.98. The molecular weight excluding hydrogens is 851 g/mol. The Morgan fingerprint density at radius 2 is 0.871 bits per heavy atom. The third-order valence-electron chi connectivity index (χ3n) is 17.7. The van der Waals surface area contributed by atoms with E-state index >= 15 is 0 Å². The van der Waals surface area contributed by atoms with Crippen LogP contribution in [0.15, 0.2) is 167 Å². The minimum Gasteiger partial charge on any atom is -0.456 e. The number of nitrogens with zero attached hydrogens (tertiary/aromatic N) is 1. The minimum absolute atomic E-state index is 0.168. The fourth-order valence-electron chi connectivity index (χ4n) is 14.2. The summed E-state index contributed by atoms with van der Waals surface area (Å²) in [5, 5.41) is 4.82. The molecule has 4 aliphatic carbocycles. The number of rotatable bonds is 3. The topological polar surface area (TPSA) is 29.5 Å². The van der Waals surface area contributed by atoms with Gasteiger partial charge in [0.25, 0.3) is 0 Å². The van der Waals surface area contributed by atoms with Gasteiger partial charge >= 0.3 is 0 Å². The lowest BCUT2D eigenvalue weighted by Crippen LogP contribution is -2.24. The van der Waals surface area contributed by atoms with Crippen molar-refractivity contribution in [2.24, 2.45) is 0 Å². The summed E-state index contributed by atoms with van der Waals surface area (Å²) in [6.07, 6.45) is 0. The Morgan fingerprint density at radius 1 is 0.343 bits per heavy atom. The lowest BCUT2D eigenvalue weighted by molar-refractivity contribution is 0.600. The quantitative estimate of drug-likeness (QED) is 0.177. The fourth-order valence-corrected chi connectivity index (χ4v) is 14.2. The summed E-state index contributed by atoms with van der Waals surface area (Å²) in [6, 6.07) is 59.3. The second-order valence-corrected chi connectivity index (χ2v) is 22.9. The zero-order valence-corrected chi connectivity index (χ0v) is 41.3. The highest BCUT2D eigenvalue weighted by atomic mass is 16.3. The van der Waals surface area contributed by atoms with Crippen LogP contribution in [0.1, 0.15) is 105 Å². The average molecular weight is 904 g/mol. The summed E-state index contributed by atoms with van der Waals surface area (Å²) in [7, 11) is 0. The highest BCUT2D eigenvalue weighted by molar-refractivity contribution is 6.21. The van der Waals surface area contributed by atoms with E-state index in [0.29, 0.717) is 0 Å². The van der Waals surface area contributed by atoms with E-state index in [2.05, 4.69) is 225 Å². The number of fused-ring (bicyclic) bond motifs is 22. The van der Waals surface area contributed by atoms with Gasteiger partial charge in [-0.1, -0.05) is 152 Å². The maximum absolute atomic E-state index is 6.98. The smallest absolute Gasteiger partial charge is 0.144 e. The first-order chi connectivity index (χ1) is 33.7. The van der Waals surface area contributed by atoms with E-state index in [-0.39, 0.29) is 21.7 Å². The third-order valence-corrected chi connectivity index (χ3v) is 17.7. The number of anilines is 3. The lowest BCUT2D eigenvalue weighted by Gasteiger charge is -2.32. The summed E-state index contributed by atoms with van der Waals surface area (Å²) in [5.74, 6) is 0. The first kappa shape index (κ1) is 40.3. The van der Waals surface area contributed by atoms with Crippen LogP contribution < -0.4 is 4.90 Å². The second-order valence-electron chi connectivity index (χ2n) is 22.9. The van der Waals surface area contributed by atoms with E-state index in [9.17, 15) is 0 Å². The number of benzene rings is 9. The van der Waals surface area contributed by atoms with Gasteiger partial charge in [0.05, 0.1) is 0 Å². The van der Waals surface area contributed by atoms with Crippen LogP contribution in [0.5, 0.6) is 0 Å². The molecule has 2 aromatic heterocycles. The summed E-state index contributed by atoms with van der Waals surface area (Å²) in [6.45, 7) is 21.5. The molecule has 0 radical (unpaired) electrons. The molecule has 0 saturated carbocycles. The van der Waals surface area contributed by atoms with Gasteiger partial charge in [-0.3, -0.25) is 0 Å². The van der Waals surface area contributed by atoms with Gasteiger partial charge in [-0.15, -0.1) is 0 Å². The van der Waals surface area contributed by atoms with Crippen LogP contribution >= 0.6 is 0 Å². The Bertz CT molecular complexity index is 4180. The van der Waals surface area contributed by atoms with E-state index in [1.807, 2.05) is 0 Å². The molecule has 9 aromatic carbocycles. The zero-order valence-electron chi connectivity index (χ0n) is 41.3. The summed E-state index contributed by atoms with van der Waals surface area (Å²) in [4.78, 5) is 2.49. The van der Waals surface area contributed by atoms with Crippen molar-refractivity contribution in [3.63, 3.8) is 0 Å². The molecule has 0 unspecified atom stereocenters. The van der Waals surface area contributed by atoms with Gasteiger partial charge in [0.1, 0.15) is 22.3 Å². The van der Waals surface area contributed by atoms with Crippen LogP contribution in [0, 0.1) is 6.92 Å². The molecule has 0 aliphatic heterocycles. The number of hydrogen-bond acceptors (Lipinski definition) is 3. The van der Waals surface area contributed by atoms with Gasteiger partial charge in [-0.2, -0.15) is 0 Å². The van der Waals surface area contributed by atoms with Crippen LogP contribution in [0.3, 0.4) is 0 Å². The molecule has 0 spiro atoms. The van der Waals surface area contributed by atoms with E-state index in [4.69, 9.17) is 8.83 Å². The Kier molecular flexibility index (Phi) is 7.46. The largest absolute Gasteiger partial charge is 0.456 e. The molecule has 0 amide bonds. The van der Waals surface area contributed by atoms with Crippen molar-refractivity contribution >= 4 is 60.9 Å². The Labute approximate surface area is 409 Å². The first-order valence-electron chi connectivity index (χ1n) is 25.1. The van der Waals surface area contributed by atoms with Crippen molar-refractivity contribution in [1.82, 2.24) is 0 Å². The summed E-state index contributed by atoms with van der Waals surface area (Å²) >= 11 is 0. The van der Waals surface area contributed by atoms with Gasteiger partial charge in [0.2, 0.25) is 0 Å². The molecule has 0 bridgehead atoms. The first-order valence-corrected chi connectivity index (χ1v) is 25.1. The highest BCUT2D eigenvalue weighted by Crippen LogP contribution is 2.64. The number of para-hydroxylation sites is 2. The fraction of sp³-hybridized carbons (Fsp3) is 0.194. The SMILES string of the molecule is Cc1ccc(N(c2ccc3c(c2)C(C)(C)c2cc4c(cc2-3)C(C)(C)c2ccc3oc5ccccc5c3c2-4)c2ccc3c(c2)C(C)(C)c2c4c(c5oc6ccccc6c5c2-3)-c2ccccc2C4(C)C)cc1. The normalized spacial score (nSPS) is 16.5. The molecule has 338 valence electrons. The lowest BCUT2D eigenvalue weighted by atomic mass is 9.72. The highest BCUT2D eigenvalue weighted by Gasteiger charge is 2.49. The summed E-state index contributed by atoms with van der Waals surface area (Å²) in [5.41, 5.74) is 29.1. The van der Waals surface area contributed by atoms with Crippen molar-refractivity contribution in [2.75, 3.05) is 4.90 Å². The van der Waals surface area contributed by atoms with Crippen LogP contribution in [-0.4, -0.2) is 0 Å². The van der Waals surface area contributed by atoms with E-state index in [0.717, 1.165) is 39.4 Å². The maximum Gasteiger partial charge on any atom is 0.144 e. The van der Waals surface area contributed by atoms with Crippen molar-refractivity contribution in [2.45, 2.75) is 84.0 Å². The molecule has 4 aliphatic rings. The third kappa shape index (κ3) is 4.81. The van der Waals surface area contributed by atoms with Gasteiger partial charge in [-0.25, -0.2) is 0 Å². The van der Waals surface area contributed by atoms with Crippen molar-refractivity contribution in [1.29, 1.82) is 0 Å². The molecule has 70 heavy (non-hydrogen) atoms. The molecule has 0 atom stereocenters. The molecule has 0 saturated heterocycles. The number of furan rings is 2. The molecule has 3 nitrogen and oxygen atoms in total. The van der Waals surface area contributed by atoms with E-state index in [1.54, 1.807) is 0 Å². The van der Waals surface area contributed by atoms with Crippen LogP contribution in [0.25, 0.3) is 88.4 Å². The monoisotopic (exact) mass is 903 g/mol. The molecule has 15 rings (SSSR count). The Hall–Kier alpha value is -7.62. The van der Waals surface area contributed by atoms with Crippen molar-refractivity contribution in [3.05, 3.63) is 208 Å². The van der Waals surface area contributed by atoms with Gasteiger partial charge < -0.3 is 13.7 Å². The van der Waals surface area contributed by atoms with Crippen LogP contribution in [-0.2, 0) is 21.7 Å². The van der Waals surface area contributed by atoms with Crippen LogP contribution in [0.4, 0.5) is 17.1 Å². The average Bonchev–Trinajstić information content (AvgIpc) is 4.14. The minimum atomic E-state index is -0.307. The molecule has 11 aromatic rings. The van der Waals surface area contributed by atoms with Crippen LogP contribution in [0.2, 0.25) is 0 Å². The van der Waals surface area contributed by atoms with Gasteiger partial charge in [0, 0.05) is 65.8 Å².